The van der Waals surface area contributed by atoms with E-state index in [1.54, 1.807) is 0 Å². The minimum atomic E-state index is 0. The largest absolute Gasteiger partial charge is 2.00 e. The second kappa shape index (κ2) is 24.6. The van der Waals surface area contributed by atoms with Crippen molar-refractivity contribution in [1.82, 2.24) is 19.9 Å². The van der Waals surface area contributed by atoms with Crippen molar-refractivity contribution in [2.75, 3.05) is 26.4 Å². The Hall–Kier alpha value is -12.0. The standard InChI is InChI=1S/C96H68N4O4.Cu/c1-5-49-101-61-41-33-57(34-42-61)77-89-81-65-25-9-17-53-19-11-27-67(73(53)65)83(81)91(97-89)78(58-35-43-62(44-36-58)102-50-6-2)93-85-69-29-13-21-55-23-15-31-71(75(55)69)87(85)95(99-93)80(60-39-47-64(48-40-60)104-52-8-4)96-88-72-32-16-24-56-22-14-30-70(76(56)72)86(88)94(100-96)79(59-37-45-63(46-38-59)103-51-7-3)92-84-68-28-12-20-54-18-10-26-66(74(54)68)82(84)90(77)98-92;/h9-48H,5-8,49-52H2,1-4H3;/q-2;+2. The maximum absolute atomic E-state index is 6.48. The summed E-state index contributed by atoms with van der Waals surface area (Å²) in [6.07, 6.45) is 3.52. The third kappa shape index (κ3) is 9.24. The number of hydrogen-bond donors (Lipinski definition) is 0. The molecule has 0 unspecified atom stereocenters. The normalized spacial score (nSPS) is 12.2. The summed E-state index contributed by atoms with van der Waals surface area (Å²) in [5, 5.41) is 26.7. The zero-order chi connectivity index (χ0) is 69.0. The molecule has 0 aliphatic rings. The zero-order valence-corrected chi connectivity index (χ0v) is 59.4. The van der Waals surface area contributed by atoms with Gasteiger partial charge in [-0.1, -0.05) is 222 Å². The molecule has 0 N–H and O–H groups in total. The molecular weight excluding hydrogens is 1340 g/mol. The first kappa shape index (κ1) is 62.8. The van der Waals surface area contributed by atoms with Gasteiger partial charge in [0.1, 0.15) is 23.0 Å². The van der Waals surface area contributed by atoms with Gasteiger partial charge in [0.15, 0.2) is 0 Å². The van der Waals surface area contributed by atoms with Crippen molar-refractivity contribution in [3.05, 3.63) is 243 Å². The SMILES string of the molecule is CCCOc1ccc(-c2c3nc(c(-c4ccc(OCCC)cc4)c4[n-]c(c(-c5ccc(OCCC)cc5)c5nc(c(-c6ccc(OCCC)cc6)c6[n-]c2c2c7cccc8cccc(c87)c62)c2c6cccc7cccc(c76)c52)c2c5cccc6cccc(c65)c42)c2c4cccc5cccc(c54)c32)cc1.[Cu+2]. The smallest absolute Gasteiger partial charge is 0.656 e. The van der Waals surface area contributed by atoms with E-state index in [0.29, 0.717) is 26.4 Å². The number of hydrogen-bond acceptors (Lipinski definition) is 6. The minimum absolute atomic E-state index is 0. The average molecular weight is 1410 g/mol. The number of nitrogens with zero attached hydrogens (tertiary/aromatic N) is 4. The molecule has 0 saturated carbocycles. The van der Waals surface area contributed by atoms with Crippen molar-refractivity contribution < 1.29 is 36.0 Å². The molecule has 105 heavy (non-hydrogen) atoms. The number of benzene rings is 12. The van der Waals surface area contributed by atoms with E-state index in [9.17, 15) is 0 Å². The maximum Gasteiger partial charge on any atom is 2.00 e. The fourth-order valence-corrected chi connectivity index (χ4v) is 17.7. The Morgan fingerprint density at radius 1 is 0.229 bits per heavy atom. The number of rotatable bonds is 16. The Morgan fingerprint density at radius 2 is 0.419 bits per heavy atom. The Kier molecular flexibility index (Phi) is 14.7. The van der Waals surface area contributed by atoms with Crippen LogP contribution in [0.2, 0.25) is 0 Å². The van der Waals surface area contributed by atoms with Crippen LogP contribution >= 0.6 is 0 Å². The summed E-state index contributed by atoms with van der Waals surface area (Å²) in [6, 6.07) is 89.1. The van der Waals surface area contributed by atoms with Crippen LogP contribution in [-0.2, 0) is 17.1 Å². The van der Waals surface area contributed by atoms with Crippen LogP contribution in [0.25, 0.3) is 218 Å². The average Bonchev–Trinajstić information content (AvgIpc) is 1.53. The molecule has 9 heteroatoms. The molecular formula is C96H68CuN4O4. The first-order valence-electron chi connectivity index (χ1n) is 36.8. The van der Waals surface area contributed by atoms with E-state index in [2.05, 4.69) is 270 Å². The molecule has 21 aromatic rings. The molecule has 21 rings (SSSR count). The molecule has 0 amide bonds. The third-order valence-corrected chi connectivity index (χ3v) is 21.9. The third-order valence-electron chi connectivity index (χ3n) is 21.9. The van der Waals surface area contributed by atoms with E-state index >= 15 is 0 Å². The van der Waals surface area contributed by atoms with Crippen LogP contribution in [0.5, 0.6) is 23.0 Å². The van der Waals surface area contributed by atoms with Crippen LogP contribution in [-0.4, -0.2) is 36.4 Å². The zero-order valence-electron chi connectivity index (χ0n) is 58.5. The second-order valence-electron chi connectivity index (χ2n) is 28.1. The molecule has 8 nitrogen and oxygen atoms in total. The van der Waals surface area contributed by atoms with Crippen LogP contribution in [0, 0.1) is 0 Å². The quantitative estimate of drug-likeness (QED) is 0.0884. The predicted molar refractivity (Wildman–Crippen MR) is 436 cm³/mol. The van der Waals surface area contributed by atoms with Crippen molar-refractivity contribution in [3.8, 4) is 67.5 Å². The van der Waals surface area contributed by atoms with Gasteiger partial charge in [-0.25, -0.2) is 9.97 Å². The molecule has 4 heterocycles. The van der Waals surface area contributed by atoms with Gasteiger partial charge >= 0.3 is 17.1 Å². The summed E-state index contributed by atoms with van der Waals surface area (Å²) in [7, 11) is 0. The van der Waals surface area contributed by atoms with Crippen LogP contribution < -0.4 is 28.9 Å². The molecule has 0 aliphatic carbocycles. The van der Waals surface area contributed by atoms with Crippen LogP contribution in [0.15, 0.2) is 243 Å². The van der Waals surface area contributed by atoms with E-state index in [-0.39, 0.29) is 17.1 Å². The van der Waals surface area contributed by atoms with E-state index < -0.39 is 0 Å². The molecule has 0 aliphatic heterocycles. The second-order valence-corrected chi connectivity index (χ2v) is 28.1. The van der Waals surface area contributed by atoms with Gasteiger partial charge in [-0.2, -0.15) is 0 Å². The Bertz CT molecular complexity index is 5980. The van der Waals surface area contributed by atoms with Crippen molar-refractivity contribution in [2.24, 2.45) is 0 Å². The maximum atomic E-state index is 6.48. The fourth-order valence-electron chi connectivity index (χ4n) is 17.7. The number of aromatic nitrogens is 4. The van der Waals surface area contributed by atoms with Gasteiger partial charge in [-0.3, -0.25) is 0 Å². The first-order valence-corrected chi connectivity index (χ1v) is 36.8. The monoisotopic (exact) mass is 1400 g/mol. The summed E-state index contributed by atoms with van der Waals surface area (Å²) in [4.78, 5) is 25.9. The molecule has 0 saturated heterocycles. The molecule has 507 valence electrons. The predicted octanol–water partition coefficient (Wildman–Crippen LogP) is 25.5. The minimum Gasteiger partial charge on any atom is -0.656 e. The van der Waals surface area contributed by atoms with Gasteiger partial charge in [0.25, 0.3) is 0 Å². The van der Waals surface area contributed by atoms with E-state index in [4.69, 9.17) is 38.9 Å². The topological polar surface area (TPSA) is 90.9 Å². The summed E-state index contributed by atoms with van der Waals surface area (Å²) in [5.41, 5.74) is 14.0. The van der Waals surface area contributed by atoms with E-state index in [1.165, 1.54) is 21.5 Å². The molecule has 8 bridgehead atoms. The van der Waals surface area contributed by atoms with Crippen LogP contribution in [0.3, 0.4) is 0 Å². The van der Waals surface area contributed by atoms with Gasteiger partial charge < -0.3 is 28.9 Å². The van der Waals surface area contributed by atoms with Crippen LogP contribution in [0.4, 0.5) is 0 Å². The summed E-state index contributed by atoms with van der Waals surface area (Å²) < 4.78 is 25.9. The molecule has 4 aromatic heterocycles. The first-order chi connectivity index (χ1) is 51.5. The Balaban J connectivity index is 0.00000732. The van der Waals surface area contributed by atoms with Crippen molar-refractivity contribution in [3.63, 3.8) is 0 Å². The summed E-state index contributed by atoms with van der Waals surface area (Å²) in [6.45, 7) is 11.0. The van der Waals surface area contributed by atoms with Gasteiger partial charge in [-0.05, 0) is 226 Å². The van der Waals surface area contributed by atoms with Crippen LogP contribution in [0.1, 0.15) is 53.4 Å². The van der Waals surface area contributed by atoms with Crippen molar-refractivity contribution in [1.29, 1.82) is 0 Å². The molecule has 0 atom stereocenters. The van der Waals surface area contributed by atoms with Gasteiger partial charge in [-0.15, -0.1) is 22.1 Å². The van der Waals surface area contributed by atoms with Gasteiger partial charge in [0, 0.05) is 21.5 Å². The Labute approximate surface area is 615 Å². The van der Waals surface area contributed by atoms with Crippen molar-refractivity contribution in [2.45, 2.75) is 53.4 Å². The molecule has 0 spiro atoms. The fraction of sp³-hybridized carbons (Fsp3) is 0.125. The number of ether oxygens (including phenoxy) is 4. The molecule has 17 aromatic carbocycles. The molecule has 0 fully saturated rings. The summed E-state index contributed by atoms with van der Waals surface area (Å²) in [5.74, 6) is 3.20. The van der Waals surface area contributed by atoms with Crippen molar-refractivity contribution >= 4 is 173 Å². The molecule has 1 radical (unpaired) electrons. The van der Waals surface area contributed by atoms with E-state index in [1.807, 2.05) is 0 Å². The Morgan fingerprint density at radius 3 is 0.610 bits per heavy atom. The summed E-state index contributed by atoms with van der Waals surface area (Å²) >= 11 is 0. The van der Waals surface area contributed by atoms with Gasteiger partial charge in [0.05, 0.1) is 48.5 Å². The van der Waals surface area contributed by atoms with E-state index in [0.717, 1.165) is 245 Å². The van der Waals surface area contributed by atoms with Gasteiger partial charge in [0.2, 0.25) is 0 Å².